The first-order chi connectivity index (χ1) is 13.7. The Hall–Kier alpha value is -2.27. The number of hydrogen-bond donors (Lipinski definition) is 2. The molecule has 1 saturated heterocycles. The average molecular weight is 377 g/mol. The summed E-state index contributed by atoms with van der Waals surface area (Å²) in [5.41, 5.74) is 5.23. The Morgan fingerprint density at radius 3 is 2.36 bits per heavy atom. The van der Waals surface area contributed by atoms with Crippen molar-refractivity contribution in [2.45, 2.75) is 39.0 Å². The molecule has 2 aliphatic rings. The number of hydrogen-bond acceptors (Lipinski definition) is 4. The molecule has 1 aliphatic heterocycles. The molecule has 28 heavy (non-hydrogen) atoms. The van der Waals surface area contributed by atoms with Crippen molar-refractivity contribution in [2.75, 3.05) is 13.1 Å². The molecule has 1 heterocycles. The number of fused-ring (bicyclic) bond motifs is 1. The summed E-state index contributed by atoms with van der Waals surface area (Å²) in [7, 11) is 0. The summed E-state index contributed by atoms with van der Waals surface area (Å²) in [4.78, 5) is 15.3. The lowest BCUT2D eigenvalue weighted by Gasteiger charge is -2.30. The molecule has 2 N–H and O–H groups in total. The molecule has 0 unspecified atom stereocenters. The third-order valence-corrected chi connectivity index (χ3v) is 6.00. The van der Waals surface area contributed by atoms with Crippen LogP contribution in [0.1, 0.15) is 45.5 Å². The molecule has 0 aromatic heterocycles. The fourth-order valence-corrected chi connectivity index (χ4v) is 4.39. The van der Waals surface area contributed by atoms with Crippen LogP contribution < -0.4 is 0 Å². The van der Waals surface area contributed by atoms with Crippen molar-refractivity contribution in [3.63, 3.8) is 0 Å². The van der Waals surface area contributed by atoms with Gasteiger partial charge in [-0.2, -0.15) is 0 Å². The average Bonchev–Trinajstić information content (AvgIpc) is 3.03. The molecule has 4 nitrogen and oxygen atoms in total. The van der Waals surface area contributed by atoms with Crippen LogP contribution in [0.5, 0.6) is 0 Å². The first kappa shape index (κ1) is 19.1. The number of ketones is 1. The van der Waals surface area contributed by atoms with Crippen LogP contribution in [0, 0.1) is 5.92 Å². The molecule has 2 aromatic rings. The van der Waals surface area contributed by atoms with E-state index in [0.29, 0.717) is 29.0 Å². The van der Waals surface area contributed by atoms with Gasteiger partial charge in [-0.05, 0) is 60.2 Å². The molecule has 4 rings (SSSR count). The van der Waals surface area contributed by atoms with E-state index in [1.807, 2.05) is 12.1 Å². The Bertz CT molecular complexity index is 880. The van der Waals surface area contributed by atoms with Crippen LogP contribution in [-0.2, 0) is 26.2 Å². The molecule has 0 amide bonds. The van der Waals surface area contributed by atoms with Crippen LogP contribution >= 0.6 is 0 Å². The van der Waals surface area contributed by atoms with Crippen molar-refractivity contribution in [2.24, 2.45) is 5.92 Å². The predicted octanol–water partition coefficient (Wildman–Crippen LogP) is 3.25. The van der Waals surface area contributed by atoms with Gasteiger partial charge in [0.05, 0.1) is 13.2 Å². The maximum Gasteiger partial charge on any atom is 0.189 e. The first-order valence-electron chi connectivity index (χ1n) is 10.1. The highest BCUT2D eigenvalue weighted by Crippen LogP contribution is 2.32. The van der Waals surface area contributed by atoms with Crippen LogP contribution in [0.25, 0.3) is 0 Å². The van der Waals surface area contributed by atoms with Crippen molar-refractivity contribution < 1.29 is 15.0 Å². The second kappa shape index (κ2) is 8.39. The van der Waals surface area contributed by atoms with Gasteiger partial charge >= 0.3 is 0 Å². The van der Waals surface area contributed by atoms with Crippen LogP contribution in [0.2, 0.25) is 0 Å². The number of carbonyl (C=O) groups is 1. The second-order valence-electron chi connectivity index (χ2n) is 7.89. The summed E-state index contributed by atoms with van der Waals surface area (Å²) in [6.45, 7) is 2.82. The molecule has 0 radical (unpaired) electrons. The first-order valence-corrected chi connectivity index (χ1v) is 10.1. The van der Waals surface area contributed by atoms with Crippen molar-refractivity contribution >= 4 is 5.78 Å². The van der Waals surface area contributed by atoms with Crippen molar-refractivity contribution in [1.82, 2.24) is 4.90 Å². The maximum atomic E-state index is 12.8. The van der Waals surface area contributed by atoms with Gasteiger partial charge in [-0.25, -0.2) is 0 Å². The molecular weight excluding hydrogens is 350 g/mol. The van der Waals surface area contributed by atoms with E-state index in [4.69, 9.17) is 0 Å². The summed E-state index contributed by atoms with van der Waals surface area (Å²) in [6, 6.07) is 14.2. The Balaban J connectivity index is 1.41. The number of aliphatic hydroxyl groups excluding tert-OH is 2. The number of benzene rings is 2. The van der Waals surface area contributed by atoms with Crippen LogP contribution in [0.15, 0.2) is 54.1 Å². The summed E-state index contributed by atoms with van der Waals surface area (Å²) in [5.74, 6) is 0.524. The summed E-state index contributed by atoms with van der Waals surface area (Å²) < 4.78 is 0. The molecular formula is C24H27NO3. The molecule has 0 spiro atoms. The van der Waals surface area contributed by atoms with Crippen molar-refractivity contribution in [1.29, 1.82) is 0 Å². The fraction of sp³-hybridized carbons (Fsp3) is 0.375. The van der Waals surface area contributed by atoms with Gasteiger partial charge in [0.1, 0.15) is 0 Å². The highest BCUT2D eigenvalue weighted by Gasteiger charge is 2.28. The standard InChI is InChI=1S/C24H27NO3/c26-15-21-12-19-11-20(24(28)23(19)13-22(21)16-27)10-17-6-8-25(9-7-17)14-18-4-2-1-3-5-18/h1-5,10,12-13,17,26-27H,6-9,11,14-16H2. The molecule has 0 atom stereocenters. The molecule has 146 valence electrons. The van der Waals surface area contributed by atoms with E-state index in [1.165, 1.54) is 5.56 Å². The molecule has 4 heteroatoms. The van der Waals surface area contributed by atoms with Gasteiger partial charge in [-0.3, -0.25) is 9.69 Å². The van der Waals surface area contributed by atoms with Crippen LogP contribution in [0.4, 0.5) is 0 Å². The molecule has 1 aliphatic carbocycles. The van der Waals surface area contributed by atoms with Crippen molar-refractivity contribution in [3.05, 3.63) is 81.9 Å². The third-order valence-electron chi connectivity index (χ3n) is 6.00. The monoisotopic (exact) mass is 377 g/mol. The molecule has 1 fully saturated rings. The van der Waals surface area contributed by atoms with Gasteiger partial charge in [0.25, 0.3) is 0 Å². The number of allylic oxidation sites excluding steroid dienone is 2. The van der Waals surface area contributed by atoms with Crippen molar-refractivity contribution in [3.8, 4) is 0 Å². The molecule has 0 saturated carbocycles. The zero-order valence-electron chi connectivity index (χ0n) is 16.1. The van der Waals surface area contributed by atoms with Gasteiger partial charge in [0, 0.05) is 24.1 Å². The minimum Gasteiger partial charge on any atom is -0.392 e. The van der Waals surface area contributed by atoms with E-state index in [9.17, 15) is 15.0 Å². The number of carbonyl (C=O) groups excluding carboxylic acids is 1. The van der Waals surface area contributed by atoms with Gasteiger partial charge in [0.2, 0.25) is 0 Å². The normalized spacial score (nSPS) is 19.4. The van der Waals surface area contributed by atoms with Crippen LogP contribution in [-0.4, -0.2) is 34.0 Å². The number of aliphatic hydroxyl groups is 2. The van der Waals surface area contributed by atoms with E-state index in [-0.39, 0.29) is 19.0 Å². The Labute approximate surface area is 166 Å². The Morgan fingerprint density at radius 1 is 1.00 bits per heavy atom. The number of rotatable bonds is 5. The van der Waals surface area contributed by atoms with E-state index >= 15 is 0 Å². The largest absolute Gasteiger partial charge is 0.392 e. The lowest BCUT2D eigenvalue weighted by Crippen LogP contribution is -2.32. The number of nitrogens with zero attached hydrogens (tertiary/aromatic N) is 1. The summed E-state index contributed by atoms with van der Waals surface area (Å²) in [6.07, 6.45) is 4.96. The second-order valence-corrected chi connectivity index (χ2v) is 7.89. The van der Waals surface area contributed by atoms with Gasteiger partial charge in [0.15, 0.2) is 5.78 Å². The smallest absolute Gasteiger partial charge is 0.189 e. The zero-order chi connectivity index (χ0) is 19.5. The van der Waals surface area contributed by atoms with Gasteiger partial charge in [-0.15, -0.1) is 0 Å². The van der Waals surface area contributed by atoms with E-state index in [0.717, 1.165) is 43.6 Å². The number of piperidine rings is 1. The van der Waals surface area contributed by atoms with E-state index in [1.54, 1.807) is 6.07 Å². The quantitative estimate of drug-likeness (QED) is 0.786. The summed E-state index contributed by atoms with van der Waals surface area (Å²) >= 11 is 0. The molecule has 2 aromatic carbocycles. The van der Waals surface area contributed by atoms with E-state index in [2.05, 4.69) is 35.2 Å². The number of likely N-dealkylation sites (tertiary alicyclic amines) is 1. The van der Waals surface area contributed by atoms with Gasteiger partial charge < -0.3 is 10.2 Å². The summed E-state index contributed by atoms with van der Waals surface area (Å²) in [5, 5.41) is 19.0. The van der Waals surface area contributed by atoms with E-state index < -0.39 is 0 Å². The Morgan fingerprint density at radius 2 is 1.68 bits per heavy atom. The topological polar surface area (TPSA) is 60.8 Å². The highest BCUT2D eigenvalue weighted by atomic mass is 16.3. The number of Topliss-reactive ketones (excluding diaryl/α,β-unsaturated/α-hetero) is 1. The SMILES string of the molecule is O=C1C(=CC2CCN(Cc3ccccc3)CC2)Cc2cc(CO)c(CO)cc21. The lowest BCUT2D eigenvalue weighted by molar-refractivity contribution is 0.103. The zero-order valence-corrected chi connectivity index (χ0v) is 16.1. The Kier molecular flexibility index (Phi) is 5.72. The van der Waals surface area contributed by atoms with Crippen LogP contribution in [0.3, 0.4) is 0 Å². The lowest BCUT2D eigenvalue weighted by atomic mass is 9.93. The third kappa shape index (κ3) is 3.95. The highest BCUT2D eigenvalue weighted by molar-refractivity contribution is 6.13. The van der Waals surface area contributed by atoms with Gasteiger partial charge in [-0.1, -0.05) is 42.5 Å². The maximum absolute atomic E-state index is 12.8. The minimum absolute atomic E-state index is 0.0842. The molecule has 0 bridgehead atoms. The fourth-order valence-electron chi connectivity index (χ4n) is 4.39. The minimum atomic E-state index is -0.157. The predicted molar refractivity (Wildman–Crippen MR) is 109 cm³/mol.